The molecule has 118 valence electrons. The Bertz CT molecular complexity index is 779. The maximum absolute atomic E-state index is 13.0. The summed E-state index contributed by atoms with van der Waals surface area (Å²) in [5.41, 5.74) is 1.73. The topological polar surface area (TPSA) is 68.5 Å². The first-order chi connectivity index (χ1) is 11.2. The van der Waals surface area contributed by atoms with Gasteiger partial charge < -0.3 is 5.32 Å². The maximum atomic E-state index is 13.0. The van der Waals surface area contributed by atoms with Crippen molar-refractivity contribution >= 4 is 5.95 Å². The second-order valence-electron chi connectivity index (χ2n) is 5.09. The van der Waals surface area contributed by atoms with Gasteiger partial charge in [0.05, 0.1) is 12.1 Å². The summed E-state index contributed by atoms with van der Waals surface area (Å²) >= 11 is 0. The number of anilines is 1. The van der Waals surface area contributed by atoms with Gasteiger partial charge in [0.2, 0.25) is 5.95 Å². The fourth-order valence-corrected chi connectivity index (χ4v) is 2.23. The van der Waals surface area contributed by atoms with Crippen molar-refractivity contribution < 1.29 is 4.39 Å². The van der Waals surface area contributed by atoms with Crippen molar-refractivity contribution in [3.05, 3.63) is 53.9 Å². The minimum Gasteiger partial charge on any atom is -0.355 e. The number of hydrogen-bond donors (Lipinski definition) is 1. The van der Waals surface area contributed by atoms with Gasteiger partial charge in [-0.15, -0.1) is 0 Å². The zero-order valence-corrected chi connectivity index (χ0v) is 13.0. The first kappa shape index (κ1) is 15.1. The molecule has 1 N–H and O–H groups in total. The van der Waals surface area contributed by atoms with Crippen molar-refractivity contribution in [2.24, 2.45) is 0 Å². The summed E-state index contributed by atoms with van der Waals surface area (Å²) < 4.78 is 14.8. The summed E-state index contributed by atoms with van der Waals surface area (Å²) in [6, 6.07) is 6.35. The fraction of sp³-hybridized carbons (Fsp3) is 0.250. The van der Waals surface area contributed by atoms with E-state index < -0.39 is 0 Å². The Hall–Kier alpha value is -2.83. The van der Waals surface area contributed by atoms with Crippen LogP contribution >= 0.6 is 0 Å². The summed E-state index contributed by atoms with van der Waals surface area (Å²) in [5.74, 6) is 1.68. The highest BCUT2D eigenvalue weighted by Gasteiger charge is 2.11. The Morgan fingerprint density at radius 1 is 1.13 bits per heavy atom. The van der Waals surface area contributed by atoms with E-state index in [0.29, 0.717) is 24.1 Å². The molecule has 0 aliphatic carbocycles. The molecule has 2 heterocycles. The Morgan fingerprint density at radius 3 is 2.48 bits per heavy atom. The van der Waals surface area contributed by atoms with Gasteiger partial charge >= 0.3 is 0 Å². The lowest BCUT2D eigenvalue weighted by atomic mass is 10.2. The molecule has 23 heavy (non-hydrogen) atoms. The lowest BCUT2D eigenvalue weighted by Gasteiger charge is -2.07. The van der Waals surface area contributed by atoms with E-state index in [1.807, 2.05) is 13.8 Å². The zero-order valence-electron chi connectivity index (χ0n) is 13.0. The summed E-state index contributed by atoms with van der Waals surface area (Å²) in [5, 5.41) is 7.45. The molecule has 0 spiro atoms. The van der Waals surface area contributed by atoms with Crippen LogP contribution in [0.5, 0.6) is 0 Å². The number of hydrogen-bond acceptors (Lipinski definition) is 5. The molecular weight excluding hydrogens is 295 g/mol. The minimum absolute atomic E-state index is 0.254. The van der Waals surface area contributed by atoms with E-state index in [4.69, 9.17) is 0 Å². The molecule has 2 aromatic heterocycles. The van der Waals surface area contributed by atoms with Crippen LogP contribution in [-0.2, 0) is 6.54 Å². The van der Waals surface area contributed by atoms with Crippen LogP contribution in [-0.4, -0.2) is 31.3 Å². The molecule has 0 aliphatic heterocycles. The molecule has 3 rings (SSSR count). The van der Waals surface area contributed by atoms with E-state index in [9.17, 15) is 4.39 Å². The number of halogens is 1. The van der Waals surface area contributed by atoms with Gasteiger partial charge in [-0.05, 0) is 31.5 Å². The molecule has 0 saturated heterocycles. The number of rotatable bonds is 5. The van der Waals surface area contributed by atoms with Crippen LogP contribution in [0, 0.1) is 12.7 Å². The van der Waals surface area contributed by atoms with E-state index in [1.165, 1.54) is 12.1 Å². The molecule has 7 heteroatoms. The monoisotopic (exact) mass is 312 g/mol. The average molecular weight is 312 g/mol. The molecule has 0 atom stereocenters. The summed E-state index contributed by atoms with van der Waals surface area (Å²) in [7, 11) is 0. The highest BCUT2D eigenvalue weighted by molar-refractivity contribution is 5.53. The van der Waals surface area contributed by atoms with Gasteiger partial charge in [0.15, 0.2) is 5.82 Å². The lowest BCUT2D eigenvalue weighted by Crippen LogP contribution is -2.06. The minimum atomic E-state index is -0.254. The molecule has 0 aliphatic rings. The van der Waals surface area contributed by atoms with Gasteiger partial charge in [-0.25, -0.2) is 24.0 Å². The fourth-order valence-electron chi connectivity index (χ4n) is 2.23. The van der Waals surface area contributed by atoms with Crippen LogP contribution in [0.25, 0.3) is 11.4 Å². The van der Waals surface area contributed by atoms with Crippen LogP contribution in [0.15, 0.2) is 36.7 Å². The van der Waals surface area contributed by atoms with E-state index in [1.54, 1.807) is 29.2 Å². The highest BCUT2D eigenvalue weighted by Crippen LogP contribution is 2.18. The van der Waals surface area contributed by atoms with Crippen LogP contribution in [0.4, 0.5) is 10.3 Å². The van der Waals surface area contributed by atoms with Crippen molar-refractivity contribution in [1.82, 2.24) is 24.7 Å². The molecule has 0 bridgehead atoms. The maximum Gasteiger partial charge on any atom is 0.222 e. The Labute approximate surface area is 133 Å². The Kier molecular flexibility index (Phi) is 4.27. The lowest BCUT2D eigenvalue weighted by molar-refractivity contribution is 0.624. The van der Waals surface area contributed by atoms with Crippen molar-refractivity contribution in [2.75, 3.05) is 11.9 Å². The largest absolute Gasteiger partial charge is 0.355 e. The number of aromatic nitrogens is 5. The normalized spacial score (nSPS) is 10.7. The Morgan fingerprint density at radius 2 is 1.83 bits per heavy atom. The smallest absolute Gasteiger partial charge is 0.222 e. The van der Waals surface area contributed by atoms with Crippen molar-refractivity contribution in [3.63, 3.8) is 0 Å². The average Bonchev–Trinajstić information content (AvgIpc) is 2.91. The van der Waals surface area contributed by atoms with Gasteiger partial charge in [-0.1, -0.05) is 12.1 Å². The SMILES string of the molecule is CCNc1ncc(-c2nc(C)nn2Cc2ccc(F)cc2)cn1. The van der Waals surface area contributed by atoms with Crippen molar-refractivity contribution in [2.45, 2.75) is 20.4 Å². The summed E-state index contributed by atoms with van der Waals surface area (Å²) in [6.45, 7) is 5.09. The third-order valence-electron chi connectivity index (χ3n) is 3.27. The first-order valence-electron chi connectivity index (χ1n) is 7.38. The second-order valence-corrected chi connectivity index (χ2v) is 5.09. The van der Waals surface area contributed by atoms with Gasteiger partial charge in [-0.2, -0.15) is 5.10 Å². The molecule has 0 fully saturated rings. The number of aryl methyl sites for hydroxylation is 1. The quantitative estimate of drug-likeness (QED) is 0.784. The van der Waals surface area contributed by atoms with Crippen LogP contribution in [0.1, 0.15) is 18.3 Å². The number of nitrogens with one attached hydrogen (secondary N) is 1. The predicted octanol–water partition coefficient (Wildman–Crippen LogP) is 2.66. The van der Waals surface area contributed by atoms with Crippen LogP contribution in [0.3, 0.4) is 0 Å². The molecule has 3 aromatic rings. The second kappa shape index (κ2) is 6.51. The summed E-state index contributed by atoms with van der Waals surface area (Å²) in [6.07, 6.45) is 3.44. The Balaban J connectivity index is 1.89. The first-order valence-corrected chi connectivity index (χ1v) is 7.38. The number of benzene rings is 1. The zero-order chi connectivity index (χ0) is 16.2. The number of nitrogens with zero attached hydrogens (tertiary/aromatic N) is 5. The van der Waals surface area contributed by atoms with Gasteiger partial charge in [0.25, 0.3) is 0 Å². The third-order valence-corrected chi connectivity index (χ3v) is 3.27. The molecule has 6 nitrogen and oxygen atoms in total. The van der Waals surface area contributed by atoms with Gasteiger partial charge in [0, 0.05) is 18.9 Å². The molecular formula is C16H17FN6. The van der Waals surface area contributed by atoms with E-state index in [-0.39, 0.29) is 5.82 Å². The molecule has 0 amide bonds. The standard InChI is InChI=1S/C16H17FN6/c1-3-18-16-19-8-13(9-20-16)15-21-11(2)22-23(15)10-12-4-6-14(17)7-5-12/h4-9H,3,10H2,1-2H3,(H,18,19,20). The molecule has 0 unspecified atom stereocenters. The molecule has 0 saturated carbocycles. The van der Waals surface area contributed by atoms with Gasteiger partial charge in [0.1, 0.15) is 11.6 Å². The predicted molar refractivity (Wildman–Crippen MR) is 85.5 cm³/mol. The van der Waals surface area contributed by atoms with E-state index >= 15 is 0 Å². The highest BCUT2D eigenvalue weighted by atomic mass is 19.1. The summed E-state index contributed by atoms with van der Waals surface area (Å²) in [4.78, 5) is 13.0. The van der Waals surface area contributed by atoms with E-state index in [0.717, 1.165) is 17.7 Å². The van der Waals surface area contributed by atoms with Crippen molar-refractivity contribution in [1.29, 1.82) is 0 Å². The third kappa shape index (κ3) is 3.50. The van der Waals surface area contributed by atoms with Crippen molar-refractivity contribution in [3.8, 4) is 11.4 Å². The van der Waals surface area contributed by atoms with E-state index in [2.05, 4.69) is 25.4 Å². The van der Waals surface area contributed by atoms with Crippen LogP contribution < -0.4 is 5.32 Å². The van der Waals surface area contributed by atoms with Crippen LogP contribution in [0.2, 0.25) is 0 Å². The van der Waals surface area contributed by atoms with Gasteiger partial charge in [-0.3, -0.25) is 0 Å². The molecule has 0 radical (unpaired) electrons. The molecule has 1 aromatic carbocycles.